The Balaban J connectivity index is 2.08. The lowest BCUT2D eigenvalue weighted by Gasteiger charge is -2.29. The maximum atomic E-state index is 12.4. The van der Waals surface area contributed by atoms with E-state index in [1.165, 1.54) is 42.4 Å². The number of aromatic nitrogens is 2. The predicted molar refractivity (Wildman–Crippen MR) is 98.7 cm³/mol. The second-order valence-electron chi connectivity index (χ2n) is 8.09. The van der Waals surface area contributed by atoms with Gasteiger partial charge in [0.05, 0.1) is 6.54 Å². The summed E-state index contributed by atoms with van der Waals surface area (Å²) in [5.41, 5.74) is 4.93. The van der Waals surface area contributed by atoms with Crippen molar-refractivity contribution in [1.29, 1.82) is 0 Å². The quantitative estimate of drug-likeness (QED) is 0.830. The van der Waals surface area contributed by atoms with Crippen LogP contribution < -0.4 is 5.56 Å². The highest BCUT2D eigenvalue weighted by Crippen LogP contribution is 2.40. The summed E-state index contributed by atoms with van der Waals surface area (Å²) < 4.78 is 1.60. The van der Waals surface area contributed by atoms with Crippen molar-refractivity contribution in [2.45, 2.75) is 71.3 Å². The Kier molecular flexibility index (Phi) is 4.62. The zero-order valence-corrected chi connectivity index (χ0v) is 15.3. The summed E-state index contributed by atoms with van der Waals surface area (Å²) in [6.45, 7) is 9.22. The van der Waals surface area contributed by atoms with Gasteiger partial charge in [-0.25, -0.2) is 4.68 Å². The molecule has 3 rings (SSSR count). The standard InChI is InChI=1S/C21H28N2O/c1-15-12-13-22-23(20(15)24)14-17-10-7-11-18(16-8-5-6-9-16)19(17)21(2,3)4/h7,10-13,16H,5-6,8-9,14H2,1-4H3. The van der Waals surface area contributed by atoms with E-state index in [4.69, 9.17) is 0 Å². The molecule has 1 fully saturated rings. The van der Waals surface area contributed by atoms with E-state index in [0.29, 0.717) is 12.5 Å². The van der Waals surface area contributed by atoms with E-state index in [1.807, 2.05) is 6.92 Å². The van der Waals surface area contributed by atoms with Gasteiger partial charge in [-0.1, -0.05) is 51.8 Å². The Morgan fingerprint density at radius 3 is 2.54 bits per heavy atom. The fourth-order valence-electron chi connectivity index (χ4n) is 4.07. The summed E-state index contributed by atoms with van der Waals surface area (Å²) in [7, 11) is 0. The van der Waals surface area contributed by atoms with Crippen molar-refractivity contribution in [2.75, 3.05) is 0 Å². The molecule has 24 heavy (non-hydrogen) atoms. The van der Waals surface area contributed by atoms with Gasteiger partial charge in [-0.3, -0.25) is 4.79 Å². The van der Waals surface area contributed by atoms with Gasteiger partial charge < -0.3 is 0 Å². The molecule has 128 valence electrons. The molecule has 2 aromatic rings. The smallest absolute Gasteiger partial charge is 0.268 e. The third-order valence-corrected chi connectivity index (χ3v) is 5.15. The van der Waals surface area contributed by atoms with Gasteiger partial charge in [0.25, 0.3) is 5.56 Å². The van der Waals surface area contributed by atoms with Crippen molar-refractivity contribution in [2.24, 2.45) is 0 Å². The van der Waals surface area contributed by atoms with Crippen LogP contribution in [0.2, 0.25) is 0 Å². The molecule has 0 radical (unpaired) electrons. The Morgan fingerprint density at radius 1 is 1.17 bits per heavy atom. The molecule has 0 amide bonds. The molecule has 0 aliphatic heterocycles. The zero-order chi connectivity index (χ0) is 17.3. The SMILES string of the molecule is Cc1ccnn(Cc2cccc(C3CCCC3)c2C(C)(C)C)c1=O. The Morgan fingerprint density at radius 2 is 1.88 bits per heavy atom. The molecule has 0 saturated heterocycles. The van der Waals surface area contributed by atoms with E-state index in [2.05, 4.69) is 44.1 Å². The first kappa shape index (κ1) is 16.9. The van der Waals surface area contributed by atoms with Gasteiger partial charge in [0.15, 0.2) is 0 Å². The number of benzene rings is 1. The normalized spacial score (nSPS) is 15.8. The maximum absolute atomic E-state index is 12.4. The molecule has 0 unspecified atom stereocenters. The summed E-state index contributed by atoms with van der Waals surface area (Å²) in [4.78, 5) is 12.4. The lowest BCUT2D eigenvalue weighted by molar-refractivity contribution is 0.547. The fourth-order valence-corrected chi connectivity index (χ4v) is 4.07. The Labute approximate surface area is 144 Å². The number of rotatable bonds is 3. The monoisotopic (exact) mass is 324 g/mol. The lowest BCUT2D eigenvalue weighted by atomic mass is 9.77. The molecule has 1 aromatic carbocycles. The Bertz CT molecular complexity index is 777. The maximum Gasteiger partial charge on any atom is 0.269 e. The van der Waals surface area contributed by atoms with Crippen molar-refractivity contribution < 1.29 is 0 Å². The molecule has 0 atom stereocenters. The van der Waals surface area contributed by atoms with Crippen molar-refractivity contribution in [3.05, 3.63) is 63.1 Å². The second-order valence-corrected chi connectivity index (χ2v) is 8.09. The van der Waals surface area contributed by atoms with Crippen LogP contribution in [0.1, 0.15) is 74.6 Å². The number of hydrogen-bond donors (Lipinski definition) is 0. The fraction of sp³-hybridized carbons (Fsp3) is 0.524. The Hall–Kier alpha value is -1.90. The van der Waals surface area contributed by atoms with Gasteiger partial charge in [-0.15, -0.1) is 0 Å². The van der Waals surface area contributed by atoms with Gasteiger partial charge >= 0.3 is 0 Å². The molecule has 1 aliphatic rings. The van der Waals surface area contributed by atoms with Crippen LogP contribution in [-0.4, -0.2) is 9.78 Å². The molecular weight excluding hydrogens is 296 g/mol. The first-order valence-corrected chi connectivity index (χ1v) is 9.03. The van der Waals surface area contributed by atoms with Crippen LogP contribution in [0.4, 0.5) is 0 Å². The summed E-state index contributed by atoms with van der Waals surface area (Å²) in [5.74, 6) is 0.668. The van der Waals surface area contributed by atoms with Crippen molar-refractivity contribution in [3.63, 3.8) is 0 Å². The van der Waals surface area contributed by atoms with Gasteiger partial charge in [-0.05, 0) is 53.9 Å². The highest BCUT2D eigenvalue weighted by atomic mass is 16.1. The third-order valence-electron chi connectivity index (χ3n) is 5.15. The van der Waals surface area contributed by atoms with E-state index in [0.717, 1.165) is 5.56 Å². The molecule has 1 aliphatic carbocycles. The first-order chi connectivity index (χ1) is 11.4. The average Bonchev–Trinajstić information content (AvgIpc) is 3.05. The van der Waals surface area contributed by atoms with E-state index in [9.17, 15) is 4.79 Å². The summed E-state index contributed by atoms with van der Waals surface area (Å²) in [6, 6.07) is 8.39. The van der Waals surface area contributed by atoms with E-state index < -0.39 is 0 Å². The van der Waals surface area contributed by atoms with Crippen molar-refractivity contribution in [3.8, 4) is 0 Å². The topological polar surface area (TPSA) is 34.9 Å². The summed E-state index contributed by atoms with van der Waals surface area (Å²) >= 11 is 0. The van der Waals surface area contributed by atoms with Crippen LogP contribution in [0.3, 0.4) is 0 Å². The van der Waals surface area contributed by atoms with Crippen LogP contribution in [0, 0.1) is 6.92 Å². The van der Waals surface area contributed by atoms with Crippen LogP contribution in [0.25, 0.3) is 0 Å². The molecule has 1 aromatic heterocycles. The van der Waals surface area contributed by atoms with Crippen molar-refractivity contribution >= 4 is 0 Å². The van der Waals surface area contributed by atoms with Gasteiger partial charge in [0.1, 0.15) is 0 Å². The van der Waals surface area contributed by atoms with Gasteiger partial charge in [-0.2, -0.15) is 5.10 Å². The summed E-state index contributed by atoms with van der Waals surface area (Å²) in [5, 5.41) is 4.29. The molecule has 0 N–H and O–H groups in total. The molecular formula is C21H28N2O. The van der Waals surface area contributed by atoms with E-state index in [-0.39, 0.29) is 11.0 Å². The van der Waals surface area contributed by atoms with Crippen LogP contribution in [0.5, 0.6) is 0 Å². The predicted octanol–water partition coefficient (Wildman–Crippen LogP) is 4.56. The van der Waals surface area contributed by atoms with Crippen LogP contribution >= 0.6 is 0 Å². The first-order valence-electron chi connectivity index (χ1n) is 9.03. The zero-order valence-electron chi connectivity index (χ0n) is 15.3. The largest absolute Gasteiger partial charge is 0.269 e. The molecule has 1 saturated carbocycles. The molecule has 1 heterocycles. The number of nitrogens with zero attached hydrogens (tertiary/aromatic N) is 2. The summed E-state index contributed by atoms with van der Waals surface area (Å²) in [6.07, 6.45) is 6.95. The third kappa shape index (κ3) is 3.31. The molecule has 3 heteroatoms. The van der Waals surface area contributed by atoms with Crippen molar-refractivity contribution in [1.82, 2.24) is 9.78 Å². The highest BCUT2D eigenvalue weighted by molar-refractivity contribution is 5.42. The number of aryl methyl sites for hydroxylation is 1. The van der Waals surface area contributed by atoms with E-state index in [1.54, 1.807) is 16.9 Å². The van der Waals surface area contributed by atoms with Crippen LogP contribution in [-0.2, 0) is 12.0 Å². The van der Waals surface area contributed by atoms with Gasteiger partial charge in [0, 0.05) is 11.8 Å². The van der Waals surface area contributed by atoms with E-state index >= 15 is 0 Å². The number of hydrogen-bond acceptors (Lipinski definition) is 2. The van der Waals surface area contributed by atoms with Crippen LogP contribution in [0.15, 0.2) is 35.3 Å². The molecule has 3 nitrogen and oxygen atoms in total. The van der Waals surface area contributed by atoms with Gasteiger partial charge in [0.2, 0.25) is 0 Å². The molecule has 0 bridgehead atoms. The lowest BCUT2D eigenvalue weighted by Crippen LogP contribution is -2.27. The minimum Gasteiger partial charge on any atom is -0.268 e. The second kappa shape index (κ2) is 6.54. The molecule has 0 spiro atoms. The minimum atomic E-state index is 0.00336. The average molecular weight is 324 g/mol. The highest BCUT2D eigenvalue weighted by Gasteiger charge is 2.27. The minimum absolute atomic E-state index is 0.00336.